The van der Waals surface area contributed by atoms with Gasteiger partial charge in [-0.3, -0.25) is 0 Å². The molecule has 3 nitrogen and oxygen atoms in total. The first-order valence-corrected chi connectivity index (χ1v) is 7.03. The number of rotatable bonds is 2. The SMILES string of the molecule is CC(C)(O)c1ccc(S(C)(=O)=O)c(Br)c1. The molecule has 0 radical (unpaired) electrons. The fraction of sp³-hybridized carbons (Fsp3) is 0.400. The van der Waals surface area contributed by atoms with Gasteiger partial charge in [0.25, 0.3) is 0 Å². The Morgan fingerprint density at radius 3 is 2.20 bits per heavy atom. The summed E-state index contributed by atoms with van der Waals surface area (Å²) in [6.45, 7) is 3.30. The monoisotopic (exact) mass is 292 g/mol. The topological polar surface area (TPSA) is 54.4 Å². The molecule has 0 aromatic heterocycles. The molecule has 84 valence electrons. The molecule has 0 atom stereocenters. The zero-order chi connectivity index (χ0) is 11.9. The van der Waals surface area contributed by atoms with E-state index < -0.39 is 15.4 Å². The van der Waals surface area contributed by atoms with E-state index in [0.717, 1.165) is 6.26 Å². The molecule has 0 spiro atoms. The van der Waals surface area contributed by atoms with Crippen molar-refractivity contribution in [2.75, 3.05) is 6.26 Å². The van der Waals surface area contributed by atoms with Crippen molar-refractivity contribution in [1.82, 2.24) is 0 Å². The van der Waals surface area contributed by atoms with Crippen LogP contribution in [-0.2, 0) is 15.4 Å². The third-order valence-corrected chi connectivity index (χ3v) is 4.11. The minimum absolute atomic E-state index is 0.232. The Hall–Kier alpha value is -0.390. The molecule has 0 saturated carbocycles. The number of aliphatic hydroxyl groups is 1. The molecule has 0 bridgehead atoms. The van der Waals surface area contributed by atoms with Gasteiger partial charge in [0, 0.05) is 10.7 Å². The van der Waals surface area contributed by atoms with Gasteiger partial charge in [-0.2, -0.15) is 0 Å². The lowest BCUT2D eigenvalue weighted by Crippen LogP contribution is -2.15. The van der Waals surface area contributed by atoms with Gasteiger partial charge in [-0.1, -0.05) is 6.07 Å². The van der Waals surface area contributed by atoms with Gasteiger partial charge in [-0.15, -0.1) is 0 Å². The average molecular weight is 293 g/mol. The fourth-order valence-corrected chi connectivity index (χ4v) is 3.17. The molecule has 0 fully saturated rings. The third-order valence-electron chi connectivity index (χ3n) is 2.04. The van der Waals surface area contributed by atoms with Gasteiger partial charge in [-0.25, -0.2) is 8.42 Å². The molecule has 1 N–H and O–H groups in total. The van der Waals surface area contributed by atoms with Crippen LogP contribution in [-0.4, -0.2) is 19.8 Å². The highest BCUT2D eigenvalue weighted by atomic mass is 79.9. The van der Waals surface area contributed by atoms with E-state index in [1.54, 1.807) is 26.0 Å². The van der Waals surface area contributed by atoms with E-state index in [0.29, 0.717) is 10.0 Å². The van der Waals surface area contributed by atoms with Gasteiger partial charge in [0.1, 0.15) is 0 Å². The highest BCUT2D eigenvalue weighted by Gasteiger charge is 2.19. The van der Waals surface area contributed by atoms with Crippen molar-refractivity contribution < 1.29 is 13.5 Å². The van der Waals surface area contributed by atoms with Gasteiger partial charge in [0.2, 0.25) is 0 Å². The molecule has 15 heavy (non-hydrogen) atoms. The lowest BCUT2D eigenvalue weighted by Gasteiger charge is -2.18. The summed E-state index contributed by atoms with van der Waals surface area (Å²) >= 11 is 3.19. The molecule has 1 aromatic rings. The van der Waals surface area contributed by atoms with Crippen LogP contribution in [0.2, 0.25) is 0 Å². The van der Waals surface area contributed by atoms with Crippen molar-refractivity contribution in [2.45, 2.75) is 24.3 Å². The van der Waals surface area contributed by atoms with Crippen LogP contribution >= 0.6 is 15.9 Å². The van der Waals surface area contributed by atoms with Crippen molar-refractivity contribution >= 4 is 25.8 Å². The van der Waals surface area contributed by atoms with Gasteiger partial charge >= 0.3 is 0 Å². The Morgan fingerprint density at radius 2 is 1.87 bits per heavy atom. The van der Waals surface area contributed by atoms with Crippen LogP contribution in [0.25, 0.3) is 0 Å². The Balaban J connectivity index is 3.34. The lowest BCUT2D eigenvalue weighted by molar-refractivity contribution is 0.0784. The number of benzene rings is 1. The summed E-state index contributed by atoms with van der Waals surface area (Å²) in [5.41, 5.74) is -0.305. The summed E-state index contributed by atoms with van der Waals surface area (Å²) in [4.78, 5) is 0.232. The zero-order valence-electron chi connectivity index (χ0n) is 8.78. The first-order valence-electron chi connectivity index (χ1n) is 4.35. The second-order valence-corrected chi connectivity index (χ2v) is 6.81. The highest BCUT2D eigenvalue weighted by Crippen LogP contribution is 2.28. The summed E-state index contributed by atoms with van der Waals surface area (Å²) in [6.07, 6.45) is 1.15. The standard InChI is InChI=1S/C10H13BrO3S/c1-10(2,12)7-4-5-9(8(11)6-7)15(3,13)14/h4-6,12H,1-3H3. The van der Waals surface area contributed by atoms with E-state index in [9.17, 15) is 13.5 Å². The van der Waals surface area contributed by atoms with E-state index >= 15 is 0 Å². The molecule has 0 aliphatic carbocycles. The van der Waals surface area contributed by atoms with Crippen LogP contribution in [0, 0.1) is 0 Å². The van der Waals surface area contributed by atoms with Crippen LogP contribution in [0.15, 0.2) is 27.6 Å². The molecular formula is C10H13BrO3S. The van der Waals surface area contributed by atoms with Crippen LogP contribution in [0.4, 0.5) is 0 Å². The third kappa shape index (κ3) is 3.03. The predicted octanol–water partition coefficient (Wildman–Crippen LogP) is 2.08. The van der Waals surface area contributed by atoms with Gasteiger partial charge in [0.05, 0.1) is 10.5 Å². The normalized spacial score (nSPS) is 12.9. The van der Waals surface area contributed by atoms with Crippen molar-refractivity contribution in [3.8, 4) is 0 Å². The Labute approximate surface area is 98.2 Å². The molecule has 0 saturated heterocycles. The number of sulfone groups is 1. The molecule has 5 heteroatoms. The number of hydrogen-bond acceptors (Lipinski definition) is 3. The van der Waals surface area contributed by atoms with Crippen molar-refractivity contribution in [3.63, 3.8) is 0 Å². The predicted molar refractivity (Wildman–Crippen MR) is 62.5 cm³/mol. The summed E-state index contributed by atoms with van der Waals surface area (Å²) in [6, 6.07) is 4.73. The van der Waals surface area contributed by atoms with Crippen LogP contribution in [0.1, 0.15) is 19.4 Å². The summed E-state index contributed by atoms with van der Waals surface area (Å²) in [5, 5.41) is 9.74. The maximum atomic E-state index is 11.3. The Morgan fingerprint density at radius 1 is 1.33 bits per heavy atom. The molecule has 0 heterocycles. The Kier molecular flexibility index (Phi) is 3.28. The smallest absolute Gasteiger partial charge is 0.176 e. The van der Waals surface area contributed by atoms with Crippen molar-refractivity contribution in [2.24, 2.45) is 0 Å². The first kappa shape index (κ1) is 12.7. The quantitative estimate of drug-likeness (QED) is 0.908. The molecule has 0 aliphatic heterocycles. The molecule has 1 aromatic carbocycles. The maximum absolute atomic E-state index is 11.3. The number of halogens is 1. The van der Waals surface area contributed by atoms with E-state index in [1.807, 2.05) is 0 Å². The zero-order valence-corrected chi connectivity index (χ0v) is 11.2. The molecule has 1 rings (SSSR count). The largest absolute Gasteiger partial charge is 0.386 e. The minimum Gasteiger partial charge on any atom is -0.386 e. The second kappa shape index (κ2) is 3.88. The van der Waals surface area contributed by atoms with Gasteiger partial charge < -0.3 is 5.11 Å². The maximum Gasteiger partial charge on any atom is 0.176 e. The van der Waals surface area contributed by atoms with Crippen LogP contribution < -0.4 is 0 Å². The van der Waals surface area contributed by atoms with E-state index in [1.165, 1.54) is 6.07 Å². The average Bonchev–Trinajstić information content (AvgIpc) is 1.99. The lowest BCUT2D eigenvalue weighted by atomic mass is 9.99. The fourth-order valence-electron chi connectivity index (χ4n) is 1.18. The van der Waals surface area contributed by atoms with Crippen LogP contribution in [0.5, 0.6) is 0 Å². The Bertz CT molecular complexity index is 472. The molecule has 0 amide bonds. The van der Waals surface area contributed by atoms with Crippen molar-refractivity contribution in [1.29, 1.82) is 0 Å². The summed E-state index contributed by atoms with van der Waals surface area (Å²) in [7, 11) is -3.22. The first-order chi connectivity index (χ1) is 6.62. The van der Waals surface area contributed by atoms with E-state index in [4.69, 9.17) is 0 Å². The summed E-state index contributed by atoms with van der Waals surface area (Å²) < 4.78 is 23.1. The van der Waals surface area contributed by atoms with Gasteiger partial charge in [-0.05, 0) is 47.5 Å². The van der Waals surface area contributed by atoms with E-state index in [-0.39, 0.29) is 4.90 Å². The minimum atomic E-state index is -3.22. The van der Waals surface area contributed by atoms with Crippen molar-refractivity contribution in [3.05, 3.63) is 28.2 Å². The molecule has 0 unspecified atom stereocenters. The van der Waals surface area contributed by atoms with Crippen LogP contribution in [0.3, 0.4) is 0 Å². The van der Waals surface area contributed by atoms with Gasteiger partial charge in [0.15, 0.2) is 9.84 Å². The number of hydrogen-bond donors (Lipinski definition) is 1. The molecule has 0 aliphatic rings. The highest BCUT2D eigenvalue weighted by molar-refractivity contribution is 9.10. The summed E-state index contributed by atoms with van der Waals surface area (Å²) in [5.74, 6) is 0. The molecular weight excluding hydrogens is 280 g/mol. The van der Waals surface area contributed by atoms with E-state index in [2.05, 4.69) is 15.9 Å². The second-order valence-electron chi connectivity index (χ2n) is 3.98.